The number of anilines is 1. The van der Waals surface area contributed by atoms with Crippen molar-refractivity contribution in [2.75, 3.05) is 5.01 Å². The monoisotopic (exact) mass is 198 g/mol. The average Bonchev–Trinajstić information content (AvgIpc) is 2.74. The predicted octanol–water partition coefficient (Wildman–Crippen LogP) is 2.83. The molecule has 0 N–H and O–H groups in total. The molecule has 0 radical (unpaired) electrons. The Morgan fingerprint density at radius 1 is 1.20 bits per heavy atom. The Labute approximate surface area is 89.9 Å². The molecule has 15 heavy (non-hydrogen) atoms. The summed E-state index contributed by atoms with van der Waals surface area (Å²) < 4.78 is 0. The van der Waals surface area contributed by atoms with E-state index in [4.69, 9.17) is 0 Å². The van der Waals surface area contributed by atoms with E-state index >= 15 is 0 Å². The summed E-state index contributed by atoms with van der Waals surface area (Å²) in [6.45, 7) is 0. The summed E-state index contributed by atoms with van der Waals surface area (Å²) in [4.78, 5) is 0. The van der Waals surface area contributed by atoms with Gasteiger partial charge in [-0.3, -0.25) is 5.01 Å². The van der Waals surface area contributed by atoms with E-state index in [1.54, 1.807) is 0 Å². The van der Waals surface area contributed by atoms with E-state index in [0.29, 0.717) is 12.0 Å². The topological polar surface area (TPSA) is 15.6 Å². The standard InChI is InChI=1S/C13H14N2/c1-2-7-12(8-3-1)15-13-9-5-4-6-11(13)10-14-15/h1-4,6-8,10-11,13H,5,9H2. The highest BCUT2D eigenvalue weighted by molar-refractivity contribution is 5.72. The van der Waals surface area contributed by atoms with Gasteiger partial charge in [-0.25, -0.2) is 0 Å². The molecule has 1 aliphatic carbocycles. The Morgan fingerprint density at radius 3 is 2.93 bits per heavy atom. The summed E-state index contributed by atoms with van der Waals surface area (Å²) in [5.74, 6) is 0.513. The van der Waals surface area contributed by atoms with E-state index in [1.807, 2.05) is 6.07 Å². The Bertz CT molecular complexity index is 394. The Balaban J connectivity index is 1.90. The zero-order chi connectivity index (χ0) is 10.1. The van der Waals surface area contributed by atoms with Crippen LogP contribution in [0.3, 0.4) is 0 Å². The zero-order valence-corrected chi connectivity index (χ0v) is 8.58. The van der Waals surface area contributed by atoms with E-state index in [9.17, 15) is 0 Å². The summed E-state index contributed by atoms with van der Waals surface area (Å²) in [5.41, 5.74) is 1.21. The van der Waals surface area contributed by atoms with Crippen LogP contribution in [0.25, 0.3) is 0 Å². The second-order valence-electron chi connectivity index (χ2n) is 4.09. The second-order valence-corrected chi connectivity index (χ2v) is 4.09. The fourth-order valence-electron chi connectivity index (χ4n) is 2.35. The van der Waals surface area contributed by atoms with Crippen molar-refractivity contribution in [3.63, 3.8) is 0 Å². The molecule has 0 saturated heterocycles. The van der Waals surface area contributed by atoms with Crippen molar-refractivity contribution in [2.24, 2.45) is 11.0 Å². The summed E-state index contributed by atoms with van der Waals surface area (Å²) >= 11 is 0. The van der Waals surface area contributed by atoms with E-state index in [0.717, 1.165) is 0 Å². The SMILES string of the molecule is C1=CC2C=NN(c3ccccc3)C2CC1. The van der Waals surface area contributed by atoms with Gasteiger partial charge in [-0.1, -0.05) is 30.4 Å². The largest absolute Gasteiger partial charge is 0.262 e. The van der Waals surface area contributed by atoms with Crippen LogP contribution >= 0.6 is 0 Å². The number of hydrogen-bond donors (Lipinski definition) is 0. The maximum atomic E-state index is 4.51. The quantitative estimate of drug-likeness (QED) is 0.633. The molecule has 1 aliphatic heterocycles. The first-order valence-corrected chi connectivity index (χ1v) is 5.50. The molecule has 1 aromatic carbocycles. The summed E-state index contributed by atoms with van der Waals surface area (Å²) in [6.07, 6.45) is 8.99. The molecule has 76 valence electrons. The Hall–Kier alpha value is -1.57. The van der Waals surface area contributed by atoms with Crippen molar-refractivity contribution in [3.05, 3.63) is 42.5 Å². The van der Waals surface area contributed by atoms with Gasteiger partial charge in [0.2, 0.25) is 0 Å². The fraction of sp³-hybridized carbons (Fsp3) is 0.308. The minimum absolute atomic E-state index is 0.513. The van der Waals surface area contributed by atoms with Crippen LogP contribution in [0.1, 0.15) is 12.8 Å². The number of fused-ring (bicyclic) bond motifs is 1. The van der Waals surface area contributed by atoms with Crippen molar-refractivity contribution in [1.82, 2.24) is 0 Å². The zero-order valence-electron chi connectivity index (χ0n) is 8.58. The predicted molar refractivity (Wildman–Crippen MR) is 63.1 cm³/mol. The summed E-state index contributed by atoms with van der Waals surface area (Å²) in [7, 11) is 0. The smallest absolute Gasteiger partial charge is 0.0641 e. The van der Waals surface area contributed by atoms with Crippen LogP contribution in [-0.2, 0) is 0 Å². The molecule has 2 aliphatic rings. The van der Waals surface area contributed by atoms with E-state index in [2.05, 4.69) is 52.7 Å². The molecule has 2 nitrogen and oxygen atoms in total. The van der Waals surface area contributed by atoms with Gasteiger partial charge in [0, 0.05) is 12.1 Å². The minimum atomic E-state index is 0.513. The lowest BCUT2D eigenvalue weighted by Crippen LogP contribution is -2.32. The number of hydrazone groups is 1. The number of rotatable bonds is 1. The van der Waals surface area contributed by atoms with E-state index in [1.165, 1.54) is 18.5 Å². The normalized spacial score (nSPS) is 28.1. The third-order valence-corrected chi connectivity index (χ3v) is 3.13. The molecular weight excluding hydrogens is 184 g/mol. The molecular formula is C13H14N2. The lowest BCUT2D eigenvalue weighted by atomic mass is 9.91. The molecule has 1 aromatic rings. The third kappa shape index (κ3) is 1.46. The molecule has 3 rings (SSSR count). The molecule has 0 amide bonds. The van der Waals surface area contributed by atoms with Crippen LogP contribution in [0.15, 0.2) is 47.6 Å². The van der Waals surface area contributed by atoms with E-state index in [-0.39, 0.29) is 0 Å². The maximum absolute atomic E-state index is 4.51. The van der Waals surface area contributed by atoms with Crippen LogP contribution in [0.2, 0.25) is 0 Å². The molecule has 2 atom stereocenters. The van der Waals surface area contributed by atoms with Crippen LogP contribution in [-0.4, -0.2) is 12.3 Å². The number of benzene rings is 1. The number of allylic oxidation sites excluding steroid dienone is 1. The minimum Gasteiger partial charge on any atom is -0.262 e. The number of hydrogen-bond acceptors (Lipinski definition) is 2. The van der Waals surface area contributed by atoms with Crippen molar-refractivity contribution in [2.45, 2.75) is 18.9 Å². The second kappa shape index (κ2) is 3.54. The van der Waals surface area contributed by atoms with Crippen LogP contribution < -0.4 is 5.01 Å². The van der Waals surface area contributed by atoms with Gasteiger partial charge in [0.25, 0.3) is 0 Å². The summed E-state index contributed by atoms with van der Waals surface area (Å²) in [5, 5.41) is 6.67. The highest BCUT2D eigenvalue weighted by Crippen LogP contribution is 2.31. The molecule has 0 spiro atoms. The summed E-state index contributed by atoms with van der Waals surface area (Å²) in [6, 6.07) is 11.0. The molecule has 0 bridgehead atoms. The molecule has 2 heteroatoms. The molecule has 0 fully saturated rings. The van der Waals surface area contributed by atoms with Gasteiger partial charge in [-0.2, -0.15) is 5.10 Å². The van der Waals surface area contributed by atoms with Crippen LogP contribution in [0.4, 0.5) is 5.69 Å². The molecule has 1 heterocycles. The van der Waals surface area contributed by atoms with Crippen molar-refractivity contribution < 1.29 is 0 Å². The highest BCUT2D eigenvalue weighted by Gasteiger charge is 2.31. The van der Waals surface area contributed by atoms with Gasteiger partial charge in [0.15, 0.2) is 0 Å². The number of para-hydroxylation sites is 1. The fourth-order valence-corrected chi connectivity index (χ4v) is 2.35. The Morgan fingerprint density at radius 2 is 2.07 bits per heavy atom. The third-order valence-electron chi connectivity index (χ3n) is 3.13. The highest BCUT2D eigenvalue weighted by atomic mass is 15.5. The van der Waals surface area contributed by atoms with Gasteiger partial charge in [0.05, 0.1) is 11.7 Å². The van der Waals surface area contributed by atoms with Gasteiger partial charge in [-0.15, -0.1) is 0 Å². The van der Waals surface area contributed by atoms with Crippen molar-refractivity contribution >= 4 is 11.9 Å². The van der Waals surface area contributed by atoms with Crippen LogP contribution in [0, 0.1) is 5.92 Å². The Kier molecular flexibility index (Phi) is 2.05. The van der Waals surface area contributed by atoms with Crippen LogP contribution in [0.5, 0.6) is 0 Å². The first-order valence-electron chi connectivity index (χ1n) is 5.50. The molecule has 0 aromatic heterocycles. The number of nitrogens with zero attached hydrogens (tertiary/aromatic N) is 2. The van der Waals surface area contributed by atoms with Crippen molar-refractivity contribution in [1.29, 1.82) is 0 Å². The van der Waals surface area contributed by atoms with Gasteiger partial charge < -0.3 is 0 Å². The average molecular weight is 198 g/mol. The van der Waals surface area contributed by atoms with Gasteiger partial charge >= 0.3 is 0 Å². The lowest BCUT2D eigenvalue weighted by molar-refractivity contribution is 0.536. The van der Waals surface area contributed by atoms with Gasteiger partial charge in [-0.05, 0) is 25.0 Å². The van der Waals surface area contributed by atoms with Crippen molar-refractivity contribution in [3.8, 4) is 0 Å². The van der Waals surface area contributed by atoms with Gasteiger partial charge in [0.1, 0.15) is 0 Å². The molecule has 0 saturated carbocycles. The first kappa shape index (κ1) is 8.72. The van der Waals surface area contributed by atoms with E-state index < -0.39 is 0 Å². The molecule has 2 unspecified atom stereocenters. The maximum Gasteiger partial charge on any atom is 0.0641 e. The first-order chi connectivity index (χ1) is 7.45. The lowest BCUT2D eigenvalue weighted by Gasteiger charge is -2.28.